The van der Waals surface area contributed by atoms with Gasteiger partial charge in [-0.15, -0.1) is 11.3 Å². The lowest BCUT2D eigenvalue weighted by Gasteiger charge is -2.04. The number of rotatable bonds is 2. The molecule has 3 aromatic rings. The van der Waals surface area contributed by atoms with Gasteiger partial charge in [-0.25, -0.2) is 9.78 Å². The molecule has 0 radical (unpaired) electrons. The Bertz CT molecular complexity index is 875. The van der Waals surface area contributed by atoms with Crippen LogP contribution in [0.15, 0.2) is 30.3 Å². The largest absolute Gasteiger partial charge is 0.422 e. The molecule has 0 fully saturated rings. The first-order valence-electron chi connectivity index (χ1n) is 6.61. The highest BCUT2D eigenvalue weighted by atomic mass is 35.5. The van der Waals surface area contributed by atoms with Crippen molar-refractivity contribution < 1.29 is 9.53 Å². The number of benzene rings is 1. The summed E-state index contributed by atoms with van der Waals surface area (Å²) in [6.45, 7) is 3.70. The first-order chi connectivity index (χ1) is 10.5. The summed E-state index contributed by atoms with van der Waals surface area (Å²) in [6, 6.07) is 8.87. The molecule has 1 aromatic carbocycles. The number of esters is 1. The Kier molecular flexibility index (Phi) is 3.76. The molecule has 2 aromatic heterocycles. The second kappa shape index (κ2) is 5.59. The minimum atomic E-state index is -0.486. The number of nitrogens with two attached hydrogens (primary N) is 1. The summed E-state index contributed by atoms with van der Waals surface area (Å²) < 4.78 is 5.34. The molecule has 112 valence electrons. The van der Waals surface area contributed by atoms with Gasteiger partial charge >= 0.3 is 5.97 Å². The summed E-state index contributed by atoms with van der Waals surface area (Å²) in [7, 11) is 0. The molecule has 2 heterocycles. The number of nitrogens with zero attached hydrogens (tertiary/aromatic N) is 1. The highest BCUT2D eigenvalue weighted by Crippen LogP contribution is 2.38. The number of aromatic nitrogens is 1. The van der Waals surface area contributed by atoms with E-state index in [1.165, 1.54) is 11.3 Å². The van der Waals surface area contributed by atoms with Crippen LogP contribution in [0.5, 0.6) is 5.75 Å². The van der Waals surface area contributed by atoms with Crippen LogP contribution in [-0.2, 0) is 0 Å². The SMILES string of the molecule is Cc1nc2sc(C(=O)Oc3ccccc3)c(N)c2c(C)c1Cl. The zero-order valence-electron chi connectivity index (χ0n) is 12.0. The lowest BCUT2D eigenvalue weighted by Crippen LogP contribution is -2.08. The van der Waals surface area contributed by atoms with Crippen molar-refractivity contribution in [3.8, 4) is 5.75 Å². The minimum absolute atomic E-state index is 0.344. The number of carbonyl (C=O) groups excluding carboxylic acids is 1. The summed E-state index contributed by atoms with van der Waals surface area (Å²) in [6.07, 6.45) is 0. The molecule has 0 bridgehead atoms. The number of nitrogen functional groups attached to an aromatic ring is 1. The predicted octanol–water partition coefficient (Wildman–Crippen LogP) is 4.37. The molecule has 0 amide bonds. The molecule has 0 saturated heterocycles. The Morgan fingerprint density at radius 2 is 1.95 bits per heavy atom. The van der Waals surface area contributed by atoms with E-state index in [1.807, 2.05) is 19.9 Å². The first-order valence-corrected chi connectivity index (χ1v) is 7.80. The Balaban J connectivity index is 2.06. The second-order valence-electron chi connectivity index (χ2n) is 4.86. The maximum Gasteiger partial charge on any atom is 0.355 e. The second-order valence-corrected chi connectivity index (χ2v) is 6.24. The van der Waals surface area contributed by atoms with Gasteiger partial charge in [0.15, 0.2) is 0 Å². The normalized spacial score (nSPS) is 10.9. The van der Waals surface area contributed by atoms with Crippen molar-refractivity contribution in [1.29, 1.82) is 0 Å². The van der Waals surface area contributed by atoms with Crippen LogP contribution >= 0.6 is 22.9 Å². The third-order valence-electron chi connectivity index (χ3n) is 3.36. The van der Waals surface area contributed by atoms with E-state index >= 15 is 0 Å². The fraction of sp³-hybridized carbons (Fsp3) is 0.125. The van der Waals surface area contributed by atoms with Crippen LogP contribution in [0.4, 0.5) is 5.69 Å². The standard InChI is InChI=1S/C16H13ClN2O2S/c1-8-11-13(18)14(22-15(11)19-9(2)12(8)17)16(20)21-10-6-4-3-5-7-10/h3-7H,18H2,1-2H3. The Labute approximate surface area is 136 Å². The molecule has 4 nitrogen and oxygen atoms in total. The zero-order chi connectivity index (χ0) is 15.9. The zero-order valence-corrected chi connectivity index (χ0v) is 13.6. The molecule has 22 heavy (non-hydrogen) atoms. The molecule has 3 rings (SSSR count). The summed E-state index contributed by atoms with van der Waals surface area (Å²) in [5, 5.41) is 1.29. The number of para-hydroxylation sites is 1. The average Bonchev–Trinajstić information content (AvgIpc) is 2.83. The maximum absolute atomic E-state index is 12.3. The Hall–Kier alpha value is -2.11. The number of hydrogen-bond donors (Lipinski definition) is 1. The Morgan fingerprint density at radius 1 is 1.27 bits per heavy atom. The molecule has 0 aliphatic carbocycles. The van der Waals surface area contributed by atoms with Crippen LogP contribution in [-0.4, -0.2) is 11.0 Å². The van der Waals surface area contributed by atoms with Gasteiger partial charge in [-0.3, -0.25) is 0 Å². The first kappa shape index (κ1) is 14.8. The van der Waals surface area contributed by atoms with E-state index in [4.69, 9.17) is 22.1 Å². The van der Waals surface area contributed by atoms with Crippen molar-refractivity contribution in [2.24, 2.45) is 0 Å². The van der Waals surface area contributed by atoms with E-state index < -0.39 is 5.97 Å². The third kappa shape index (κ3) is 2.42. The van der Waals surface area contributed by atoms with E-state index in [1.54, 1.807) is 24.3 Å². The monoisotopic (exact) mass is 332 g/mol. The minimum Gasteiger partial charge on any atom is -0.422 e. The van der Waals surface area contributed by atoms with E-state index in [2.05, 4.69) is 4.98 Å². The summed E-state index contributed by atoms with van der Waals surface area (Å²) in [4.78, 5) is 17.8. The van der Waals surface area contributed by atoms with Crippen molar-refractivity contribution >= 4 is 44.8 Å². The predicted molar refractivity (Wildman–Crippen MR) is 89.9 cm³/mol. The topological polar surface area (TPSA) is 65.2 Å². The molecule has 0 aliphatic rings. The number of carbonyl (C=O) groups is 1. The smallest absolute Gasteiger partial charge is 0.355 e. The number of anilines is 1. The fourth-order valence-electron chi connectivity index (χ4n) is 2.25. The number of halogens is 1. The van der Waals surface area contributed by atoms with Crippen LogP contribution < -0.4 is 10.5 Å². The van der Waals surface area contributed by atoms with Crippen molar-refractivity contribution in [2.45, 2.75) is 13.8 Å². The van der Waals surface area contributed by atoms with Gasteiger partial charge in [0.25, 0.3) is 0 Å². The molecule has 0 saturated carbocycles. The van der Waals surface area contributed by atoms with Gasteiger partial charge in [0, 0.05) is 5.39 Å². The Morgan fingerprint density at radius 3 is 2.64 bits per heavy atom. The van der Waals surface area contributed by atoms with Crippen LogP contribution in [0, 0.1) is 13.8 Å². The van der Waals surface area contributed by atoms with Gasteiger partial charge in [-0.1, -0.05) is 29.8 Å². The van der Waals surface area contributed by atoms with Crippen molar-refractivity contribution in [1.82, 2.24) is 4.98 Å². The molecule has 0 atom stereocenters. The lowest BCUT2D eigenvalue weighted by atomic mass is 10.1. The molecule has 0 spiro atoms. The quantitative estimate of drug-likeness (QED) is 0.559. The van der Waals surface area contributed by atoms with Gasteiger partial charge < -0.3 is 10.5 Å². The molecule has 0 unspecified atom stereocenters. The van der Waals surface area contributed by atoms with Crippen molar-refractivity contribution in [3.63, 3.8) is 0 Å². The van der Waals surface area contributed by atoms with E-state index in [9.17, 15) is 4.79 Å². The maximum atomic E-state index is 12.3. The molecule has 6 heteroatoms. The number of aryl methyl sites for hydroxylation is 2. The van der Waals surface area contributed by atoms with Gasteiger partial charge in [-0.05, 0) is 31.5 Å². The number of ether oxygens (including phenoxy) is 1. The van der Waals surface area contributed by atoms with Gasteiger partial charge in [0.05, 0.1) is 16.4 Å². The van der Waals surface area contributed by atoms with E-state index in [0.717, 1.165) is 16.6 Å². The van der Waals surface area contributed by atoms with Gasteiger partial charge in [0.1, 0.15) is 15.5 Å². The van der Waals surface area contributed by atoms with E-state index in [0.29, 0.717) is 26.2 Å². The summed E-state index contributed by atoms with van der Waals surface area (Å²) >= 11 is 7.44. The van der Waals surface area contributed by atoms with Crippen LogP contribution in [0.1, 0.15) is 20.9 Å². The molecule has 2 N–H and O–H groups in total. The molecular weight excluding hydrogens is 320 g/mol. The highest BCUT2D eigenvalue weighted by molar-refractivity contribution is 7.21. The average molecular weight is 333 g/mol. The lowest BCUT2D eigenvalue weighted by molar-refractivity contribution is 0.0741. The van der Waals surface area contributed by atoms with Crippen LogP contribution in [0.3, 0.4) is 0 Å². The van der Waals surface area contributed by atoms with Crippen molar-refractivity contribution in [2.75, 3.05) is 5.73 Å². The van der Waals surface area contributed by atoms with Crippen LogP contribution in [0.25, 0.3) is 10.2 Å². The number of hydrogen-bond acceptors (Lipinski definition) is 5. The number of thiophene rings is 1. The van der Waals surface area contributed by atoms with Crippen molar-refractivity contribution in [3.05, 3.63) is 51.5 Å². The molecular formula is C16H13ClN2O2S. The van der Waals surface area contributed by atoms with E-state index in [-0.39, 0.29) is 0 Å². The van der Waals surface area contributed by atoms with Gasteiger partial charge in [-0.2, -0.15) is 0 Å². The fourth-order valence-corrected chi connectivity index (χ4v) is 3.46. The number of fused-ring (bicyclic) bond motifs is 1. The highest BCUT2D eigenvalue weighted by Gasteiger charge is 2.22. The van der Waals surface area contributed by atoms with Gasteiger partial charge in [0.2, 0.25) is 0 Å². The number of pyridine rings is 1. The third-order valence-corrected chi connectivity index (χ3v) is 4.99. The summed E-state index contributed by atoms with van der Waals surface area (Å²) in [5.41, 5.74) is 8.04. The van der Waals surface area contributed by atoms with Crippen LogP contribution in [0.2, 0.25) is 5.02 Å². The summed E-state index contributed by atoms with van der Waals surface area (Å²) in [5.74, 6) is -0.0110. The molecule has 0 aliphatic heterocycles.